The van der Waals surface area contributed by atoms with E-state index in [0.29, 0.717) is 6.04 Å². The lowest BCUT2D eigenvalue weighted by atomic mass is 10.2. The predicted octanol–water partition coefficient (Wildman–Crippen LogP) is 2.27. The summed E-state index contributed by atoms with van der Waals surface area (Å²) in [7, 11) is 0. The van der Waals surface area contributed by atoms with Crippen molar-refractivity contribution in [2.45, 2.75) is 45.7 Å². The van der Waals surface area contributed by atoms with Crippen molar-refractivity contribution in [1.82, 2.24) is 18.9 Å². The SMILES string of the molecule is CCc1nsc(N2CCCC2Cn2ccnc2C)n1. The maximum Gasteiger partial charge on any atom is 0.205 e. The third-order valence-electron chi connectivity index (χ3n) is 3.73. The summed E-state index contributed by atoms with van der Waals surface area (Å²) in [5, 5.41) is 1.08. The van der Waals surface area contributed by atoms with Crippen LogP contribution in [0.2, 0.25) is 0 Å². The number of nitrogens with zero attached hydrogens (tertiary/aromatic N) is 5. The Labute approximate surface area is 117 Å². The van der Waals surface area contributed by atoms with Gasteiger partial charge in [0.2, 0.25) is 5.13 Å². The molecule has 1 unspecified atom stereocenters. The van der Waals surface area contributed by atoms with Gasteiger partial charge >= 0.3 is 0 Å². The van der Waals surface area contributed by atoms with Crippen LogP contribution in [0.25, 0.3) is 0 Å². The van der Waals surface area contributed by atoms with Gasteiger partial charge in [0.25, 0.3) is 0 Å². The quantitative estimate of drug-likeness (QED) is 0.860. The Morgan fingerprint density at radius 1 is 1.47 bits per heavy atom. The third kappa shape index (κ3) is 2.49. The van der Waals surface area contributed by atoms with Crippen molar-refractivity contribution in [3.8, 4) is 0 Å². The van der Waals surface area contributed by atoms with Crippen molar-refractivity contribution >= 4 is 16.7 Å². The highest BCUT2D eigenvalue weighted by Crippen LogP contribution is 2.28. The first kappa shape index (κ1) is 12.6. The van der Waals surface area contributed by atoms with Gasteiger partial charge in [-0.1, -0.05) is 6.92 Å². The molecule has 0 amide bonds. The van der Waals surface area contributed by atoms with Crippen LogP contribution in [0.3, 0.4) is 0 Å². The molecule has 0 aromatic carbocycles. The Bertz CT molecular complexity index is 547. The molecule has 2 aromatic heterocycles. The molecule has 2 aromatic rings. The molecule has 1 atom stereocenters. The minimum absolute atomic E-state index is 0.519. The average Bonchev–Trinajstić information content (AvgIpc) is 3.11. The molecule has 3 heterocycles. The van der Waals surface area contributed by atoms with Crippen LogP contribution >= 0.6 is 11.5 Å². The smallest absolute Gasteiger partial charge is 0.205 e. The normalized spacial score (nSPS) is 19.3. The predicted molar refractivity (Wildman–Crippen MR) is 76.6 cm³/mol. The maximum absolute atomic E-state index is 4.62. The lowest BCUT2D eigenvalue weighted by Crippen LogP contribution is -2.33. The fourth-order valence-corrected chi connectivity index (χ4v) is 3.45. The van der Waals surface area contributed by atoms with Gasteiger partial charge in [0.15, 0.2) is 0 Å². The van der Waals surface area contributed by atoms with Gasteiger partial charge in [-0.2, -0.15) is 4.37 Å². The summed E-state index contributed by atoms with van der Waals surface area (Å²) in [5.41, 5.74) is 0. The molecule has 0 bridgehead atoms. The summed E-state index contributed by atoms with van der Waals surface area (Å²) >= 11 is 1.53. The first-order valence-corrected chi connectivity index (χ1v) is 7.62. The molecule has 19 heavy (non-hydrogen) atoms. The van der Waals surface area contributed by atoms with E-state index in [0.717, 1.165) is 36.3 Å². The minimum Gasteiger partial charge on any atom is -0.342 e. The van der Waals surface area contributed by atoms with E-state index in [2.05, 4.69) is 43.9 Å². The molecule has 0 radical (unpaired) electrons. The highest BCUT2D eigenvalue weighted by atomic mass is 32.1. The minimum atomic E-state index is 0.519. The van der Waals surface area contributed by atoms with Crippen molar-refractivity contribution in [2.24, 2.45) is 0 Å². The van der Waals surface area contributed by atoms with Gasteiger partial charge in [-0.15, -0.1) is 0 Å². The molecule has 0 aliphatic carbocycles. The fraction of sp³-hybridized carbons (Fsp3) is 0.615. The van der Waals surface area contributed by atoms with Crippen LogP contribution < -0.4 is 4.90 Å². The highest BCUT2D eigenvalue weighted by molar-refractivity contribution is 7.09. The second kappa shape index (κ2) is 5.28. The van der Waals surface area contributed by atoms with Gasteiger partial charge in [-0.25, -0.2) is 9.97 Å². The maximum atomic E-state index is 4.62. The summed E-state index contributed by atoms with van der Waals surface area (Å²) in [6.07, 6.45) is 7.30. The third-order valence-corrected chi connectivity index (χ3v) is 4.52. The number of anilines is 1. The van der Waals surface area contributed by atoms with Crippen LogP contribution in [0.15, 0.2) is 12.4 Å². The molecular weight excluding hydrogens is 258 g/mol. The zero-order chi connectivity index (χ0) is 13.2. The monoisotopic (exact) mass is 277 g/mol. The van der Waals surface area contributed by atoms with Crippen LogP contribution in [0.1, 0.15) is 31.4 Å². The number of rotatable bonds is 4. The van der Waals surface area contributed by atoms with Gasteiger partial charge in [0.05, 0.1) is 0 Å². The number of hydrogen-bond acceptors (Lipinski definition) is 5. The Hall–Kier alpha value is -1.43. The number of aryl methyl sites for hydroxylation is 2. The number of imidazole rings is 1. The number of aromatic nitrogens is 4. The van der Waals surface area contributed by atoms with E-state index >= 15 is 0 Å². The summed E-state index contributed by atoms with van der Waals surface area (Å²) in [6, 6.07) is 0.519. The molecule has 1 fully saturated rings. The first-order chi connectivity index (χ1) is 9.28. The molecule has 1 saturated heterocycles. The van der Waals surface area contributed by atoms with Crippen molar-refractivity contribution < 1.29 is 0 Å². The molecule has 102 valence electrons. The number of hydrogen-bond donors (Lipinski definition) is 0. The van der Waals surface area contributed by atoms with E-state index < -0.39 is 0 Å². The van der Waals surface area contributed by atoms with Crippen molar-refractivity contribution in [2.75, 3.05) is 11.4 Å². The Morgan fingerprint density at radius 2 is 2.37 bits per heavy atom. The molecule has 0 N–H and O–H groups in total. The molecule has 1 aliphatic rings. The van der Waals surface area contributed by atoms with Gasteiger partial charge in [0, 0.05) is 49.5 Å². The van der Waals surface area contributed by atoms with Crippen LogP contribution in [-0.4, -0.2) is 31.5 Å². The van der Waals surface area contributed by atoms with E-state index in [4.69, 9.17) is 0 Å². The van der Waals surface area contributed by atoms with Crippen molar-refractivity contribution in [3.63, 3.8) is 0 Å². The van der Waals surface area contributed by atoms with Gasteiger partial charge in [-0.3, -0.25) is 0 Å². The summed E-state index contributed by atoms with van der Waals surface area (Å²) < 4.78 is 6.62. The second-order valence-electron chi connectivity index (χ2n) is 4.96. The fourth-order valence-electron chi connectivity index (χ4n) is 2.61. The Balaban J connectivity index is 1.76. The van der Waals surface area contributed by atoms with Crippen LogP contribution in [0, 0.1) is 6.92 Å². The largest absolute Gasteiger partial charge is 0.342 e. The molecule has 6 heteroatoms. The van der Waals surface area contributed by atoms with Crippen LogP contribution in [0.4, 0.5) is 5.13 Å². The van der Waals surface area contributed by atoms with E-state index in [1.165, 1.54) is 24.4 Å². The molecular formula is C13H19N5S. The van der Waals surface area contributed by atoms with Crippen LogP contribution in [0.5, 0.6) is 0 Å². The van der Waals surface area contributed by atoms with Crippen LogP contribution in [-0.2, 0) is 13.0 Å². The molecule has 5 nitrogen and oxygen atoms in total. The zero-order valence-corrected chi connectivity index (χ0v) is 12.2. The van der Waals surface area contributed by atoms with E-state index in [-0.39, 0.29) is 0 Å². The average molecular weight is 277 g/mol. The first-order valence-electron chi connectivity index (χ1n) is 6.85. The molecule has 0 saturated carbocycles. The standard InChI is InChI=1S/C13H19N5S/c1-3-12-15-13(19-16-12)18-7-4-5-11(18)9-17-8-6-14-10(17)2/h6,8,11H,3-5,7,9H2,1-2H3. The summed E-state index contributed by atoms with van der Waals surface area (Å²) in [4.78, 5) is 11.3. The second-order valence-corrected chi connectivity index (χ2v) is 5.69. The molecule has 1 aliphatic heterocycles. The molecule has 3 rings (SSSR count). The van der Waals surface area contributed by atoms with Gasteiger partial charge in [-0.05, 0) is 19.8 Å². The Morgan fingerprint density at radius 3 is 3.05 bits per heavy atom. The van der Waals surface area contributed by atoms with Gasteiger partial charge < -0.3 is 9.47 Å². The van der Waals surface area contributed by atoms with Gasteiger partial charge in [0.1, 0.15) is 11.6 Å². The van der Waals surface area contributed by atoms with Crippen molar-refractivity contribution in [3.05, 3.63) is 24.0 Å². The summed E-state index contributed by atoms with van der Waals surface area (Å²) in [6.45, 7) is 6.24. The lowest BCUT2D eigenvalue weighted by Gasteiger charge is -2.24. The van der Waals surface area contributed by atoms with E-state index in [9.17, 15) is 0 Å². The highest BCUT2D eigenvalue weighted by Gasteiger charge is 2.27. The summed E-state index contributed by atoms with van der Waals surface area (Å²) in [5.74, 6) is 2.04. The lowest BCUT2D eigenvalue weighted by molar-refractivity contribution is 0.540. The van der Waals surface area contributed by atoms with E-state index in [1.807, 2.05) is 6.20 Å². The Kier molecular flexibility index (Phi) is 3.50. The van der Waals surface area contributed by atoms with E-state index in [1.54, 1.807) is 0 Å². The zero-order valence-electron chi connectivity index (χ0n) is 11.4. The van der Waals surface area contributed by atoms with Crippen molar-refractivity contribution in [1.29, 1.82) is 0 Å². The molecule has 0 spiro atoms. The topological polar surface area (TPSA) is 46.8 Å².